The number of benzene rings is 3. The van der Waals surface area contributed by atoms with E-state index in [0.29, 0.717) is 128 Å². The van der Waals surface area contributed by atoms with Gasteiger partial charge >= 0.3 is 0 Å². The van der Waals surface area contributed by atoms with Crippen LogP contribution in [0, 0.1) is 0 Å². The molecule has 3 aromatic carbocycles. The zero-order valence-corrected chi connectivity index (χ0v) is 73.9. The van der Waals surface area contributed by atoms with Crippen molar-refractivity contribution in [1.82, 2.24) is 92.5 Å². The number of fused-ring (bicyclic) bond motifs is 4. The van der Waals surface area contributed by atoms with Gasteiger partial charge in [0.15, 0.2) is 34.2 Å². The van der Waals surface area contributed by atoms with E-state index in [2.05, 4.69) is 72.5 Å². The number of anilines is 4. The van der Waals surface area contributed by atoms with E-state index in [-0.39, 0.29) is 92.9 Å². The number of aromatic nitrogens is 19. The van der Waals surface area contributed by atoms with E-state index in [9.17, 15) is 43.3 Å². The Balaban J connectivity index is 0.000000118. The first kappa shape index (κ1) is 84.6. The lowest BCUT2D eigenvalue weighted by atomic mass is 9.93. The Kier molecular flexibility index (Phi) is 23.4. The highest BCUT2D eigenvalue weighted by Gasteiger charge is 2.36. The first-order valence-electron chi connectivity index (χ1n) is 40.2. The molecule has 13 aromatic heterocycles. The SMILES string of the molecule is CC(=O)c1c(C2CCS(=O)(=O)CC2)nc2c(-c3ccn(-c4ccccc4)c3)cnn2c1N.CC(=O)c1c(C2CCS(=O)(=O)CC2)nc2c(-c3ccn(-c4cccnc4)c3)cnn2c1N.Nc1c(Br)c(C2CCS(=O)(=O)CC2)nc2c(-c3ccc(-c4ccccc4)nn3)cnn12.Nc1c(Br)c(C2CCS(=O)(=O)CC2)nc2c(-n3ccc(-c4ccccc4)n3)cnn12. The summed E-state index contributed by atoms with van der Waals surface area (Å²) in [4.78, 5) is 48.4. The van der Waals surface area contributed by atoms with E-state index in [4.69, 9.17) is 42.9 Å². The van der Waals surface area contributed by atoms with Crippen LogP contribution in [0.5, 0.6) is 0 Å². The summed E-state index contributed by atoms with van der Waals surface area (Å²) in [7, 11) is -12.0. The number of nitrogens with zero attached hydrogens (tertiary/aromatic N) is 19. The molecule has 0 radical (unpaired) electrons. The number of sulfone groups is 4. The highest BCUT2D eigenvalue weighted by molar-refractivity contribution is 9.11. The third-order valence-electron chi connectivity index (χ3n) is 23.1. The molecular formula is C86H83Br2N23O10S4. The minimum atomic E-state index is -3.04. The van der Waals surface area contributed by atoms with E-state index in [1.165, 1.54) is 22.9 Å². The van der Waals surface area contributed by atoms with Gasteiger partial charge in [-0.2, -0.15) is 43.6 Å². The van der Waals surface area contributed by atoms with Gasteiger partial charge in [0.25, 0.3) is 0 Å². The maximum atomic E-state index is 12.5. The maximum Gasteiger partial charge on any atom is 0.183 e. The molecule has 0 bridgehead atoms. The van der Waals surface area contributed by atoms with Crippen LogP contribution in [-0.2, 0) is 39.3 Å². The molecule has 16 aromatic rings. The van der Waals surface area contributed by atoms with Crippen LogP contribution in [0.1, 0.15) is 132 Å². The Hall–Kier alpha value is -12.6. The van der Waals surface area contributed by atoms with Gasteiger partial charge in [0.05, 0.1) is 148 Å². The van der Waals surface area contributed by atoms with Gasteiger partial charge in [-0.1, -0.05) is 78.9 Å². The summed E-state index contributed by atoms with van der Waals surface area (Å²) in [6.45, 7) is 2.90. The third-order valence-corrected chi connectivity index (χ3v) is 31.6. The van der Waals surface area contributed by atoms with Crippen molar-refractivity contribution in [1.29, 1.82) is 0 Å². The molecule has 4 fully saturated rings. The zero-order valence-electron chi connectivity index (χ0n) is 67.5. The van der Waals surface area contributed by atoms with Crippen LogP contribution in [0.3, 0.4) is 0 Å². The number of pyridine rings is 1. The Bertz CT molecular complexity index is 7060. The van der Waals surface area contributed by atoms with Crippen molar-refractivity contribution in [3.8, 4) is 73.1 Å². The normalized spacial score (nSPS) is 16.5. The summed E-state index contributed by atoms with van der Waals surface area (Å²) in [5.41, 5.74) is 42.0. The van der Waals surface area contributed by atoms with Crippen LogP contribution in [-0.4, -0.2) is 184 Å². The number of nitrogen functional groups attached to an aromatic ring is 4. The second-order valence-corrected chi connectivity index (χ2v) is 42.0. The van der Waals surface area contributed by atoms with E-state index in [0.717, 1.165) is 73.1 Å². The summed E-state index contributed by atoms with van der Waals surface area (Å²) in [6.07, 6.45) is 23.8. The molecule has 39 heteroatoms. The zero-order chi connectivity index (χ0) is 87.4. The molecule has 4 aliphatic rings. The highest BCUT2D eigenvalue weighted by Crippen LogP contribution is 2.42. The molecule has 20 rings (SSSR count). The number of hydrogen-bond donors (Lipinski definition) is 4. The molecule has 0 spiro atoms. The molecular weight excluding hydrogens is 1800 g/mol. The predicted octanol–water partition coefficient (Wildman–Crippen LogP) is 12.6. The van der Waals surface area contributed by atoms with Gasteiger partial charge in [-0.25, -0.2) is 58.3 Å². The van der Waals surface area contributed by atoms with E-state index in [1.807, 2.05) is 174 Å². The molecule has 8 N–H and O–H groups in total. The summed E-state index contributed by atoms with van der Waals surface area (Å²) in [5, 5.41) is 31.0. The molecule has 125 heavy (non-hydrogen) atoms. The Morgan fingerprint density at radius 1 is 0.368 bits per heavy atom. The molecule has 640 valence electrons. The number of carbonyl (C=O) groups excluding carboxylic acids is 2. The van der Waals surface area contributed by atoms with Crippen molar-refractivity contribution in [2.45, 2.75) is 88.9 Å². The van der Waals surface area contributed by atoms with Gasteiger partial charge in [-0.3, -0.25) is 14.6 Å². The van der Waals surface area contributed by atoms with Crippen LogP contribution in [0.4, 0.5) is 23.3 Å². The van der Waals surface area contributed by atoms with Crippen LogP contribution in [0.25, 0.3) is 95.7 Å². The number of carbonyl (C=O) groups is 2. The first-order chi connectivity index (χ1) is 60.0. The Morgan fingerprint density at radius 3 is 1.18 bits per heavy atom. The average Bonchev–Trinajstić information content (AvgIpc) is 1.65. The Morgan fingerprint density at radius 2 is 0.736 bits per heavy atom. The van der Waals surface area contributed by atoms with Crippen molar-refractivity contribution >= 4 is 129 Å². The number of Topliss-reactive ketones (excluding diaryl/α,β-unsaturated/α-hetero) is 2. The molecule has 0 aliphatic carbocycles. The van der Waals surface area contributed by atoms with E-state index < -0.39 is 39.3 Å². The van der Waals surface area contributed by atoms with Gasteiger partial charge in [0.1, 0.15) is 68.3 Å². The number of nitrogens with two attached hydrogens (primary N) is 4. The first-order valence-corrected chi connectivity index (χ1v) is 49.1. The third kappa shape index (κ3) is 17.5. The highest BCUT2D eigenvalue weighted by atomic mass is 79.9. The van der Waals surface area contributed by atoms with Gasteiger partial charge in [-0.15, -0.1) is 10.2 Å². The quantitative estimate of drug-likeness (QED) is 0.0735. The molecule has 0 amide bonds. The van der Waals surface area contributed by atoms with Crippen molar-refractivity contribution < 1.29 is 43.3 Å². The Labute approximate surface area is 734 Å². The van der Waals surface area contributed by atoms with Crippen molar-refractivity contribution in [2.75, 3.05) is 69.0 Å². The predicted molar refractivity (Wildman–Crippen MR) is 484 cm³/mol. The fourth-order valence-electron chi connectivity index (χ4n) is 16.3. The lowest BCUT2D eigenvalue weighted by molar-refractivity contribution is 0.100. The monoisotopic (exact) mass is 1880 g/mol. The molecule has 17 heterocycles. The number of hydrogen-bond acceptors (Lipinski definition) is 26. The lowest BCUT2D eigenvalue weighted by Crippen LogP contribution is -2.25. The van der Waals surface area contributed by atoms with Crippen LogP contribution < -0.4 is 22.9 Å². The van der Waals surface area contributed by atoms with Crippen molar-refractivity contribution in [3.05, 3.63) is 244 Å². The molecule has 0 unspecified atom stereocenters. The van der Waals surface area contributed by atoms with Crippen LogP contribution in [0.2, 0.25) is 0 Å². The second kappa shape index (κ2) is 34.5. The molecule has 33 nitrogen and oxygen atoms in total. The molecule has 0 atom stereocenters. The number of ketones is 2. The minimum Gasteiger partial charge on any atom is -0.383 e. The topological polar surface area (TPSA) is 462 Å². The number of para-hydroxylation sites is 1. The molecule has 4 aliphatic heterocycles. The van der Waals surface area contributed by atoms with Crippen molar-refractivity contribution in [3.63, 3.8) is 0 Å². The summed E-state index contributed by atoms with van der Waals surface area (Å²) in [6, 6.07) is 43.2. The van der Waals surface area contributed by atoms with Gasteiger partial charge in [-0.05, 0) is 152 Å². The standard InChI is InChI=1S/C23H23N5O3S.C22H22N6O3S.C21H19BrN6O2S.C20H19BrN6O2S/c1-15(29)20-21(16-8-11-32(30,31)12-9-16)26-23-19(13-25-28(23)22(20)24)17-7-10-27(14-17)18-5-3-2-4-6-18;1-14(29)19-20(15-5-9-32(30,31)10-6-15)26-22-18(12-25-28(22)21(19)23)16-4-8-27(13-16)17-3-2-7-24-11-17;22-18-19(14-8-10-31(29,30)11-9-14)25-21-15(12-24-28(21)20(18)23)17-7-6-16(26-27-17)13-4-2-1-3-5-13;21-17-18(14-7-10-30(28,29)11-8-14)24-20-16(12-23-27(20)19(17)22)26-9-6-15(25-26)13-4-2-1-3-5-13/h2-7,10,13-14,16H,8-9,11-12,24H2,1H3;2-4,7-8,11-13,15H,5-6,9-10,23H2,1H3;1-7,12,14H,8-11,23H2;1-6,9,12,14H,7-8,10-11,22H2. The molecule has 0 saturated carbocycles. The number of halogens is 2. The van der Waals surface area contributed by atoms with Gasteiger partial charge in [0.2, 0.25) is 0 Å². The maximum absolute atomic E-state index is 12.5. The lowest BCUT2D eigenvalue weighted by Gasteiger charge is -2.24. The van der Waals surface area contributed by atoms with Crippen LogP contribution >= 0.6 is 31.9 Å². The van der Waals surface area contributed by atoms with Gasteiger partial charge < -0.3 is 32.1 Å². The summed E-state index contributed by atoms with van der Waals surface area (Å²) >= 11 is 7.09. The fourth-order valence-corrected chi connectivity index (χ4v) is 23.5. The van der Waals surface area contributed by atoms with E-state index >= 15 is 0 Å². The number of rotatable bonds is 14. The smallest absolute Gasteiger partial charge is 0.183 e. The average molecular weight is 1890 g/mol. The van der Waals surface area contributed by atoms with E-state index in [1.54, 1.807) is 50.9 Å². The minimum absolute atomic E-state index is 0.0134. The van der Waals surface area contributed by atoms with Gasteiger partial charge in [0, 0.05) is 99.9 Å². The summed E-state index contributed by atoms with van der Waals surface area (Å²) < 4.78 is 108. The molecule has 4 saturated heterocycles. The fraction of sp³-hybridized carbons (Fsp3) is 0.256. The second-order valence-electron chi connectivity index (χ2n) is 31.2. The summed E-state index contributed by atoms with van der Waals surface area (Å²) in [5.74, 6) is 1.68. The van der Waals surface area contributed by atoms with Crippen molar-refractivity contribution in [2.24, 2.45) is 0 Å². The van der Waals surface area contributed by atoms with Crippen LogP contribution in [0.15, 0.2) is 211 Å². The largest absolute Gasteiger partial charge is 0.383 e.